The Labute approximate surface area is 165 Å². The average molecular weight is 382 g/mol. The standard InChI is InChI=1S/C23H26O5/c1-3-13(2)28-23(26)21-16-10-9-15(17-11-18(16)17)20(21)22(25)27-12-19(24)14-7-5-4-6-8-14/h4-10,13,15-18,20-21H,3,11-12H2,1-2H3/t13-,15+,16+,17+,18+,20-,21+/m0/s1. The molecule has 5 rings (SSSR count). The number of rotatable bonds is 7. The molecule has 1 aromatic carbocycles. The third-order valence-electron chi connectivity index (χ3n) is 6.53. The Morgan fingerprint density at radius 2 is 1.61 bits per heavy atom. The molecule has 0 aliphatic heterocycles. The fourth-order valence-corrected chi connectivity index (χ4v) is 4.82. The third-order valence-corrected chi connectivity index (χ3v) is 6.53. The average Bonchev–Trinajstić information content (AvgIpc) is 3.54. The molecule has 0 unspecified atom stereocenters. The molecule has 2 saturated carbocycles. The molecule has 0 aromatic heterocycles. The Morgan fingerprint density at radius 3 is 2.21 bits per heavy atom. The van der Waals surface area contributed by atoms with Gasteiger partial charge in [-0.05, 0) is 43.4 Å². The van der Waals surface area contributed by atoms with Crippen molar-refractivity contribution in [3.05, 3.63) is 48.0 Å². The van der Waals surface area contributed by atoms with Gasteiger partial charge in [0.15, 0.2) is 12.4 Å². The summed E-state index contributed by atoms with van der Waals surface area (Å²) < 4.78 is 11.0. The largest absolute Gasteiger partial charge is 0.462 e. The number of carbonyl (C=O) groups excluding carboxylic acids is 3. The molecular formula is C23H26O5. The zero-order valence-corrected chi connectivity index (χ0v) is 16.2. The highest BCUT2D eigenvalue weighted by Crippen LogP contribution is 2.63. The van der Waals surface area contributed by atoms with Crippen LogP contribution >= 0.6 is 0 Å². The first-order chi connectivity index (χ1) is 13.5. The van der Waals surface area contributed by atoms with E-state index in [0.717, 1.165) is 12.8 Å². The molecule has 2 bridgehead atoms. The molecular weight excluding hydrogens is 356 g/mol. The first kappa shape index (κ1) is 18.9. The van der Waals surface area contributed by atoms with Crippen molar-refractivity contribution < 1.29 is 23.9 Å². The lowest BCUT2D eigenvalue weighted by molar-refractivity contribution is -0.170. The number of Topliss-reactive ketones (excluding diaryl/α,β-unsaturated/α-hetero) is 1. The SMILES string of the molecule is CC[C@H](C)OC(=O)[C@@H]1[C@@H]2C=C[C@H]([C@H]3C[C@H]23)[C@@H]1C(=O)OCC(=O)c1ccccc1. The first-order valence-electron chi connectivity index (χ1n) is 10.1. The van der Waals surface area contributed by atoms with Crippen molar-refractivity contribution in [3.63, 3.8) is 0 Å². The van der Waals surface area contributed by atoms with Crippen LogP contribution in [0.1, 0.15) is 37.0 Å². The van der Waals surface area contributed by atoms with E-state index in [4.69, 9.17) is 9.47 Å². The van der Waals surface area contributed by atoms with E-state index in [0.29, 0.717) is 17.4 Å². The number of carbonyl (C=O) groups is 3. The molecule has 5 heteroatoms. The van der Waals surface area contributed by atoms with Crippen molar-refractivity contribution in [1.82, 2.24) is 0 Å². The van der Waals surface area contributed by atoms with Crippen LogP contribution in [0, 0.1) is 35.5 Å². The lowest BCUT2D eigenvalue weighted by Gasteiger charge is -2.42. The number of hydrogen-bond donors (Lipinski definition) is 0. The van der Waals surface area contributed by atoms with E-state index in [1.807, 2.05) is 19.9 Å². The Kier molecular flexibility index (Phi) is 5.09. The van der Waals surface area contributed by atoms with E-state index in [-0.39, 0.29) is 36.3 Å². The predicted octanol–water partition coefficient (Wildman–Crippen LogP) is 3.44. The van der Waals surface area contributed by atoms with Gasteiger partial charge in [0.25, 0.3) is 0 Å². The van der Waals surface area contributed by atoms with Gasteiger partial charge in [0.05, 0.1) is 17.9 Å². The van der Waals surface area contributed by atoms with Crippen LogP contribution in [0.3, 0.4) is 0 Å². The van der Waals surface area contributed by atoms with E-state index in [1.54, 1.807) is 24.3 Å². The van der Waals surface area contributed by atoms with Crippen molar-refractivity contribution in [2.45, 2.75) is 32.8 Å². The van der Waals surface area contributed by atoms with Crippen molar-refractivity contribution in [3.8, 4) is 0 Å². The highest BCUT2D eigenvalue weighted by Gasteiger charge is 2.63. The fraction of sp³-hybridized carbons (Fsp3) is 0.522. The van der Waals surface area contributed by atoms with E-state index < -0.39 is 17.8 Å². The quantitative estimate of drug-likeness (QED) is 0.410. The highest BCUT2D eigenvalue weighted by atomic mass is 16.5. The smallest absolute Gasteiger partial charge is 0.310 e. The van der Waals surface area contributed by atoms with Gasteiger partial charge in [0.2, 0.25) is 0 Å². The van der Waals surface area contributed by atoms with Gasteiger partial charge in [-0.15, -0.1) is 0 Å². The van der Waals surface area contributed by atoms with Crippen LogP contribution in [-0.4, -0.2) is 30.4 Å². The number of ketones is 1. The van der Waals surface area contributed by atoms with Gasteiger partial charge in [-0.25, -0.2) is 0 Å². The summed E-state index contributed by atoms with van der Waals surface area (Å²) in [5, 5.41) is 0. The summed E-state index contributed by atoms with van der Waals surface area (Å²) >= 11 is 0. The molecule has 5 nitrogen and oxygen atoms in total. The molecule has 0 amide bonds. The van der Waals surface area contributed by atoms with Crippen molar-refractivity contribution in [2.75, 3.05) is 6.61 Å². The van der Waals surface area contributed by atoms with Gasteiger partial charge >= 0.3 is 11.9 Å². The topological polar surface area (TPSA) is 69.7 Å². The van der Waals surface area contributed by atoms with Gasteiger partial charge in [0, 0.05) is 5.56 Å². The molecule has 148 valence electrons. The van der Waals surface area contributed by atoms with Crippen molar-refractivity contribution >= 4 is 17.7 Å². The van der Waals surface area contributed by atoms with Crippen molar-refractivity contribution in [2.24, 2.45) is 35.5 Å². The lowest BCUT2D eigenvalue weighted by Crippen LogP contribution is -2.48. The number of hydrogen-bond acceptors (Lipinski definition) is 5. The fourth-order valence-electron chi connectivity index (χ4n) is 4.82. The minimum atomic E-state index is -0.557. The normalized spacial score (nSPS) is 32.9. The van der Waals surface area contributed by atoms with Gasteiger partial charge in [-0.2, -0.15) is 0 Å². The van der Waals surface area contributed by atoms with Crippen LogP contribution in [0.2, 0.25) is 0 Å². The van der Waals surface area contributed by atoms with Crippen LogP contribution in [0.15, 0.2) is 42.5 Å². The Balaban J connectivity index is 1.47. The third kappa shape index (κ3) is 3.38. The van der Waals surface area contributed by atoms with Gasteiger partial charge in [0.1, 0.15) is 0 Å². The molecule has 7 atom stereocenters. The Morgan fingerprint density at radius 1 is 1.00 bits per heavy atom. The maximum Gasteiger partial charge on any atom is 0.310 e. The molecule has 0 heterocycles. The first-order valence-corrected chi connectivity index (χ1v) is 10.1. The van der Waals surface area contributed by atoms with E-state index >= 15 is 0 Å². The molecule has 0 radical (unpaired) electrons. The molecule has 2 fully saturated rings. The van der Waals surface area contributed by atoms with Crippen LogP contribution in [0.4, 0.5) is 0 Å². The van der Waals surface area contributed by atoms with Crippen LogP contribution < -0.4 is 0 Å². The van der Waals surface area contributed by atoms with E-state index in [2.05, 4.69) is 12.2 Å². The molecule has 0 N–H and O–H groups in total. The Bertz CT molecular complexity index is 798. The number of benzene rings is 1. The molecule has 4 aliphatic rings. The highest BCUT2D eigenvalue weighted by molar-refractivity contribution is 5.98. The molecule has 28 heavy (non-hydrogen) atoms. The van der Waals surface area contributed by atoms with Crippen molar-refractivity contribution in [1.29, 1.82) is 0 Å². The van der Waals surface area contributed by atoms with Gasteiger partial charge in [-0.1, -0.05) is 49.4 Å². The number of ether oxygens (including phenoxy) is 2. The predicted molar refractivity (Wildman–Crippen MR) is 102 cm³/mol. The molecule has 0 spiro atoms. The van der Waals surface area contributed by atoms with Crippen LogP contribution in [0.25, 0.3) is 0 Å². The number of allylic oxidation sites excluding steroid dienone is 2. The summed E-state index contributed by atoms with van der Waals surface area (Å²) in [5.74, 6) is -1.11. The summed E-state index contributed by atoms with van der Waals surface area (Å²) in [7, 11) is 0. The molecule has 4 aliphatic carbocycles. The zero-order valence-electron chi connectivity index (χ0n) is 16.2. The number of fused-ring (bicyclic) bond motifs is 1. The summed E-state index contributed by atoms with van der Waals surface area (Å²) in [4.78, 5) is 38.1. The maximum atomic E-state index is 12.9. The summed E-state index contributed by atoms with van der Waals surface area (Å²) in [6, 6.07) is 8.76. The molecule has 0 saturated heterocycles. The summed E-state index contributed by atoms with van der Waals surface area (Å²) in [6.45, 7) is 3.52. The second-order valence-corrected chi connectivity index (χ2v) is 8.21. The zero-order chi connectivity index (χ0) is 19.8. The van der Waals surface area contributed by atoms with Crippen LogP contribution in [-0.2, 0) is 19.1 Å². The van der Waals surface area contributed by atoms with E-state index in [9.17, 15) is 14.4 Å². The number of esters is 2. The minimum Gasteiger partial charge on any atom is -0.462 e. The lowest BCUT2D eigenvalue weighted by atomic mass is 9.62. The second kappa shape index (κ2) is 7.53. The maximum absolute atomic E-state index is 12.9. The monoisotopic (exact) mass is 382 g/mol. The van der Waals surface area contributed by atoms with Crippen LogP contribution in [0.5, 0.6) is 0 Å². The Hall–Kier alpha value is -2.43. The summed E-state index contributed by atoms with van der Waals surface area (Å²) in [5.41, 5.74) is 0.510. The summed E-state index contributed by atoms with van der Waals surface area (Å²) in [6.07, 6.45) is 5.75. The van der Waals surface area contributed by atoms with Gasteiger partial charge < -0.3 is 9.47 Å². The van der Waals surface area contributed by atoms with E-state index in [1.165, 1.54) is 0 Å². The van der Waals surface area contributed by atoms with Gasteiger partial charge in [-0.3, -0.25) is 14.4 Å². The molecule has 1 aromatic rings. The second-order valence-electron chi connectivity index (χ2n) is 8.21. The minimum absolute atomic E-state index is 0.00353.